The quantitative estimate of drug-likeness (QED) is 0.422. The lowest BCUT2D eigenvalue weighted by Gasteiger charge is -2.38. The molecule has 5 rings (SSSR count). The summed E-state index contributed by atoms with van der Waals surface area (Å²) in [5, 5.41) is 11.3. The molecule has 33 heavy (non-hydrogen) atoms. The van der Waals surface area contributed by atoms with Crippen molar-refractivity contribution in [3.05, 3.63) is 88.0 Å². The van der Waals surface area contributed by atoms with Gasteiger partial charge in [0.05, 0.1) is 23.0 Å². The van der Waals surface area contributed by atoms with Gasteiger partial charge in [-0.15, -0.1) is 0 Å². The zero-order valence-electron chi connectivity index (χ0n) is 18.0. The van der Waals surface area contributed by atoms with Gasteiger partial charge in [0.1, 0.15) is 0 Å². The van der Waals surface area contributed by atoms with Crippen LogP contribution in [-0.4, -0.2) is 55.8 Å². The SMILES string of the molecule is COc1ccc(S(=O)(=O)N2CCN(C3c4ccccc4-c4ccccc43)CC2)cc1[N+](=O)[O-]. The summed E-state index contributed by atoms with van der Waals surface area (Å²) >= 11 is 0. The second-order valence-corrected chi connectivity index (χ2v) is 10.0. The van der Waals surface area contributed by atoms with Crippen LogP contribution in [0, 0.1) is 10.1 Å². The highest BCUT2D eigenvalue weighted by Gasteiger charge is 2.37. The van der Waals surface area contributed by atoms with Crippen LogP contribution in [0.2, 0.25) is 0 Å². The van der Waals surface area contributed by atoms with Crippen LogP contribution in [0.4, 0.5) is 5.69 Å². The van der Waals surface area contributed by atoms with E-state index in [1.807, 2.05) is 24.3 Å². The first kappa shape index (κ1) is 21.6. The molecule has 8 nitrogen and oxygen atoms in total. The van der Waals surface area contributed by atoms with Crippen molar-refractivity contribution in [3.63, 3.8) is 0 Å². The Bertz CT molecular complexity index is 1290. The fourth-order valence-electron chi connectivity index (χ4n) is 4.85. The Balaban J connectivity index is 1.39. The molecule has 0 unspecified atom stereocenters. The van der Waals surface area contributed by atoms with Gasteiger partial charge in [-0.2, -0.15) is 4.31 Å². The number of sulfonamides is 1. The Morgan fingerprint density at radius 3 is 2.03 bits per heavy atom. The third-order valence-electron chi connectivity index (χ3n) is 6.42. The Labute approximate surface area is 192 Å². The lowest BCUT2D eigenvalue weighted by Crippen LogP contribution is -2.49. The van der Waals surface area contributed by atoms with Crippen molar-refractivity contribution in [2.45, 2.75) is 10.9 Å². The summed E-state index contributed by atoms with van der Waals surface area (Å²) in [5.41, 5.74) is 4.55. The van der Waals surface area contributed by atoms with E-state index in [0.717, 1.165) is 6.07 Å². The molecule has 0 amide bonds. The van der Waals surface area contributed by atoms with Crippen LogP contribution >= 0.6 is 0 Å². The highest BCUT2D eigenvalue weighted by atomic mass is 32.2. The van der Waals surface area contributed by atoms with Crippen molar-refractivity contribution in [3.8, 4) is 16.9 Å². The fraction of sp³-hybridized carbons (Fsp3) is 0.250. The average molecular weight is 466 g/mol. The maximum atomic E-state index is 13.2. The maximum absolute atomic E-state index is 13.2. The molecule has 0 spiro atoms. The number of rotatable bonds is 5. The van der Waals surface area contributed by atoms with Crippen molar-refractivity contribution < 1.29 is 18.1 Å². The molecular weight excluding hydrogens is 442 g/mol. The van der Waals surface area contributed by atoms with E-state index in [4.69, 9.17) is 4.74 Å². The summed E-state index contributed by atoms with van der Waals surface area (Å²) in [6.07, 6.45) is 0. The molecule has 0 bridgehead atoms. The fourth-order valence-corrected chi connectivity index (χ4v) is 6.29. The summed E-state index contributed by atoms with van der Waals surface area (Å²) < 4.78 is 32.9. The number of benzene rings is 3. The first-order valence-electron chi connectivity index (χ1n) is 10.7. The normalized spacial score (nSPS) is 16.9. The minimum atomic E-state index is -3.86. The zero-order chi connectivity index (χ0) is 23.2. The number of hydrogen-bond acceptors (Lipinski definition) is 6. The molecule has 1 aliphatic heterocycles. The van der Waals surface area contributed by atoms with Gasteiger partial charge in [0.2, 0.25) is 10.0 Å². The summed E-state index contributed by atoms with van der Waals surface area (Å²) in [5.74, 6) is 0.0299. The molecule has 0 saturated carbocycles. The Kier molecular flexibility index (Phi) is 5.40. The molecule has 1 heterocycles. The van der Waals surface area contributed by atoms with Crippen LogP contribution in [0.25, 0.3) is 11.1 Å². The van der Waals surface area contributed by atoms with Crippen LogP contribution < -0.4 is 4.74 Å². The molecule has 2 aliphatic rings. The van der Waals surface area contributed by atoms with Gasteiger partial charge in [-0.3, -0.25) is 15.0 Å². The van der Waals surface area contributed by atoms with Crippen molar-refractivity contribution in [2.75, 3.05) is 33.3 Å². The minimum absolute atomic E-state index is 0.0299. The molecule has 1 aliphatic carbocycles. The number of methoxy groups -OCH3 is 1. The van der Waals surface area contributed by atoms with E-state index in [2.05, 4.69) is 29.2 Å². The highest BCUT2D eigenvalue weighted by molar-refractivity contribution is 7.89. The number of ether oxygens (including phenoxy) is 1. The molecule has 1 saturated heterocycles. The summed E-state index contributed by atoms with van der Waals surface area (Å²) in [6, 6.07) is 20.5. The molecule has 9 heteroatoms. The smallest absolute Gasteiger partial charge is 0.312 e. The molecule has 0 N–H and O–H groups in total. The van der Waals surface area contributed by atoms with E-state index in [9.17, 15) is 18.5 Å². The van der Waals surface area contributed by atoms with Gasteiger partial charge in [-0.1, -0.05) is 48.5 Å². The van der Waals surface area contributed by atoms with Crippen LogP contribution in [-0.2, 0) is 10.0 Å². The number of hydrogen-bond donors (Lipinski definition) is 0. The van der Waals surface area contributed by atoms with Crippen LogP contribution in [0.15, 0.2) is 71.6 Å². The lowest BCUT2D eigenvalue weighted by atomic mass is 10.0. The second-order valence-electron chi connectivity index (χ2n) is 8.11. The molecule has 0 atom stereocenters. The average Bonchev–Trinajstić information content (AvgIpc) is 3.18. The van der Waals surface area contributed by atoms with Gasteiger partial charge < -0.3 is 4.74 Å². The lowest BCUT2D eigenvalue weighted by molar-refractivity contribution is -0.386. The standard InChI is InChI=1S/C24H23N3O5S/c1-32-23-11-10-17(16-22(23)27(28)29)33(30,31)26-14-12-25(13-15-26)24-20-8-4-2-6-18(20)19-7-3-5-9-21(19)24/h2-11,16,24H,12-15H2,1H3. The first-order valence-corrected chi connectivity index (χ1v) is 12.1. The predicted octanol–water partition coefficient (Wildman–Crippen LogP) is 3.68. The Morgan fingerprint density at radius 1 is 0.909 bits per heavy atom. The van der Waals surface area contributed by atoms with E-state index in [1.165, 1.54) is 45.8 Å². The van der Waals surface area contributed by atoms with Gasteiger partial charge in [-0.25, -0.2) is 8.42 Å². The van der Waals surface area contributed by atoms with E-state index >= 15 is 0 Å². The van der Waals surface area contributed by atoms with Gasteiger partial charge >= 0.3 is 5.69 Å². The highest BCUT2D eigenvalue weighted by Crippen LogP contribution is 2.46. The largest absolute Gasteiger partial charge is 0.490 e. The van der Waals surface area contributed by atoms with Crippen LogP contribution in [0.1, 0.15) is 17.2 Å². The van der Waals surface area contributed by atoms with Crippen molar-refractivity contribution in [2.24, 2.45) is 0 Å². The number of nitro groups is 1. The van der Waals surface area contributed by atoms with E-state index in [0.29, 0.717) is 26.2 Å². The van der Waals surface area contributed by atoms with E-state index < -0.39 is 14.9 Å². The molecular formula is C24H23N3O5S. The van der Waals surface area contributed by atoms with Gasteiger partial charge in [0, 0.05) is 32.2 Å². The zero-order valence-corrected chi connectivity index (χ0v) is 18.9. The predicted molar refractivity (Wildman–Crippen MR) is 124 cm³/mol. The first-order chi connectivity index (χ1) is 15.9. The molecule has 3 aromatic carbocycles. The van der Waals surface area contributed by atoms with Crippen LogP contribution in [0.5, 0.6) is 5.75 Å². The number of fused-ring (bicyclic) bond motifs is 3. The third-order valence-corrected chi connectivity index (χ3v) is 8.32. The molecule has 3 aromatic rings. The third kappa shape index (κ3) is 3.58. The summed E-state index contributed by atoms with van der Waals surface area (Å²) in [7, 11) is -2.55. The number of piperazine rings is 1. The molecule has 1 fully saturated rings. The van der Waals surface area contributed by atoms with Crippen LogP contribution in [0.3, 0.4) is 0 Å². The second kappa shape index (κ2) is 8.26. The molecule has 170 valence electrons. The summed E-state index contributed by atoms with van der Waals surface area (Å²) in [6.45, 7) is 1.74. The Morgan fingerprint density at radius 2 is 1.48 bits per heavy atom. The molecule has 0 radical (unpaired) electrons. The van der Waals surface area contributed by atoms with E-state index in [-0.39, 0.29) is 22.4 Å². The van der Waals surface area contributed by atoms with E-state index in [1.54, 1.807) is 0 Å². The van der Waals surface area contributed by atoms with Gasteiger partial charge in [0.25, 0.3) is 0 Å². The van der Waals surface area contributed by atoms with Crippen molar-refractivity contribution in [1.29, 1.82) is 0 Å². The summed E-state index contributed by atoms with van der Waals surface area (Å²) in [4.78, 5) is 12.9. The number of nitrogens with zero attached hydrogens (tertiary/aromatic N) is 3. The number of nitro benzene ring substituents is 1. The van der Waals surface area contributed by atoms with Gasteiger partial charge in [-0.05, 0) is 34.4 Å². The van der Waals surface area contributed by atoms with Gasteiger partial charge in [0.15, 0.2) is 5.75 Å². The van der Waals surface area contributed by atoms with Crippen molar-refractivity contribution >= 4 is 15.7 Å². The minimum Gasteiger partial charge on any atom is -0.490 e. The van der Waals surface area contributed by atoms with Crippen molar-refractivity contribution in [1.82, 2.24) is 9.21 Å². The Hall–Kier alpha value is -3.27. The molecule has 0 aromatic heterocycles. The maximum Gasteiger partial charge on any atom is 0.312 e. The monoisotopic (exact) mass is 465 g/mol. The topological polar surface area (TPSA) is 93.0 Å².